The molecular formula is C20H19ClN4. The van der Waals surface area contributed by atoms with Crippen LogP contribution in [-0.2, 0) is 6.42 Å². The van der Waals surface area contributed by atoms with Gasteiger partial charge in [0, 0.05) is 29.0 Å². The van der Waals surface area contributed by atoms with Crippen LogP contribution in [0.25, 0.3) is 0 Å². The molecule has 0 unspecified atom stereocenters. The molecule has 1 aromatic heterocycles. The highest BCUT2D eigenvalue weighted by molar-refractivity contribution is 6.30. The predicted molar refractivity (Wildman–Crippen MR) is 103 cm³/mol. The van der Waals surface area contributed by atoms with Crippen LogP contribution in [0.5, 0.6) is 0 Å². The maximum Gasteiger partial charge on any atom is 0.138 e. The number of rotatable bonds is 3. The Morgan fingerprint density at radius 3 is 2.76 bits per heavy atom. The molecule has 0 bridgehead atoms. The van der Waals surface area contributed by atoms with E-state index < -0.39 is 0 Å². The highest BCUT2D eigenvalue weighted by Crippen LogP contribution is 2.34. The number of nitrogens with one attached hydrogen (secondary N) is 1. The minimum absolute atomic E-state index is 0.701. The minimum Gasteiger partial charge on any atom is -0.340 e. The van der Waals surface area contributed by atoms with Gasteiger partial charge in [-0.15, -0.1) is 0 Å². The highest BCUT2D eigenvalue weighted by atomic mass is 35.5. The number of hydrogen-bond acceptors (Lipinski definition) is 4. The van der Waals surface area contributed by atoms with E-state index in [4.69, 9.17) is 11.6 Å². The molecule has 0 radical (unpaired) electrons. The van der Waals surface area contributed by atoms with Gasteiger partial charge < -0.3 is 10.2 Å². The van der Waals surface area contributed by atoms with Crippen LogP contribution in [0.15, 0.2) is 48.5 Å². The Morgan fingerprint density at radius 2 is 1.88 bits per heavy atom. The lowest BCUT2D eigenvalue weighted by Gasteiger charge is -2.20. The Balaban J connectivity index is 1.69. The fourth-order valence-corrected chi connectivity index (χ4v) is 3.37. The maximum absolute atomic E-state index is 6.12. The summed E-state index contributed by atoms with van der Waals surface area (Å²) in [6.45, 7) is 4.90. The summed E-state index contributed by atoms with van der Waals surface area (Å²) in [5, 5.41) is 4.08. The van der Waals surface area contributed by atoms with Crippen molar-refractivity contribution < 1.29 is 0 Å². The second kappa shape index (κ2) is 6.37. The van der Waals surface area contributed by atoms with Gasteiger partial charge in [-0.05, 0) is 49.6 Å². The quantitative estimate of drug-likeness (QED) is 0.706. The predicted octanol–water partition coefficient (Wildman–Crippen LogP) is 5.18. The number of benzene rings is 2. The van der Waals surface area contributed by atoms with Gasteiger partial charge in [-0.3, -0.25) is 0 Å². The van der Waals surface area contributed by atoms with E-state index >= 15 is 0 Å². The van der Waals surface area contributed by atoms with Gasteiger partial charge in [-0.1, -0.05) is 35.9 Å². The standard InChI is InChI=1S/C20H19ClN4/c1-13-7-8-16(21)11-17(13)24-19-12-20(23-14(2)22-19)25-10-9-15-5-3-4-6-18(15)25/h3-8,11-12H,9-10H2,1-2H3,(H,22,23,24). The second-order valence-corrected chi connectivity index (χ2v) is 6.71. The molecule has 0 amide bonds. The number of halogens is 1. The first-order valence-electron chi connectivity index (χ1n) is 8.34. The summed E-state index contributed by atoms with van der Waals surface area (Å²) in [6, 6.07) is 16.3. The van der Waals surface area contributed by atoms with Crippen molar-refractivity contribution in [2.75, 3.05) is 16.8 Å². The summed E-state index contributed by atoms with van der Waals surface area (Å²) >= 11 is 6.12. The van der Waals surface area contributed by atoms with Crippen molar-refractivity contribution in [1.82, 2.24) is 9.97 Å². The third kappa shape index (κ3) is 3.17. The molecule has 1 aliphatic rings. The summed E-state index contributed by atoms with van der Waals surface area (Å²) in [5.74, 6) is 2.43. The molecule has 5 heteroatoms. The molecule has 0 spiro atoms. The van der Waals surface area contributed by atoms with Gasteiger partial charge in [-0.2, -0.15) is 0 Å². The fourth-order valence-electron chi connectivity index (χ4n) is 3.20. The number of hydrogen-bond donors (Lipinski definition) is 1. The zero-order chi connectivity index (χ0) is 17.4. The largest absolute Gasteiger partial charge is 0.340 e. The number of aromatic nitrogens is 2. The molecule has 0 fully saturated rings. The lowest BCUT2D eigenvalue weighted by Crippen LogP contribution is -2.16. The van der Waals surface area contributed by atoms with Crippen LogP contribution in [-0.4, -0.2) is 16.5 Å². The van der Waals surface area contributed by atoms with E-state index in [9.17, 15) is 0 Å². The van der Waals surface area contributed by atoms with Crippen LogP contribution in [0.2, 0.25) is 5.02 Å². The summed E-state index contributed by atoms with van der Waals surface area (Å²) in [7, 11) is 0. The Hall–Kier alpha value is -2.59. The van der Waals surface area contributed by atoms with E-state index in [-0.39, 0.29) is 0 Å². The van der Waals surface area contributed by atoms with Gasteiger partial charge in [0.25, 0.3) is 0 Å². The normalized spacial score (nSPS) is 13.0. The van der Waals surface area contributed by atoms with Crippen molar-refractivity contribution >= 4 is 34.6 Å². The molecule has 0 saturated heterocycles. The maximum atomic E-state index is 6.12. The van der Waals surface area contributed by atoms with Crippen molar-refractivity contribution in [1.29, 1.82) is 0 Å². The Bertz CT molecular complexity index is 939. The summed E-state index contributed by atoms with van der Waals surface area (Å²) < 4.78 is 0. The molecule has 4 nitrogen and oxygen atoms in total. The van der Waals surface area contributed by atoms with Crippen LogP contribution in [0.1, 0.15) is 17.0 Å². The van der Waals surface area contributed by atoms with Crippen molar-refractivity contribution in [3.8, 4) is 0 Å². The molecule has 1 N–H and O–H groups in total. The second-order valence-electron chi connectivity index (χ2n) is 6.27. The van der Waals surface area contributed by atoms with Gasteiger partial charge in [0.15, 0.2) is 0 Å². The molecule has 1 aliphatic heterocycles. The van der Waals surface area contributed by atoms with Crippen molar-refractivity contribution in [3.05, 3.63) is 70.5 Å². The zero-order valence-electron chi connectivity index (χ0n) is 14.3. The van der Waals surface area contributed by atoms with E-state index in [0.717, 1.165) is 41.7 Å². The zero-order valence-corrected chi connectivity index (χ0v) is 15.0. The van der Waals surface area contributed by atoms with Gasteiger partial charge in [0.2, 0.25) is 0 Å². The van der Waals surface area contributed by atoms with Crippen LogP contribution in [0.3, 0.4) is 0 Å². The molecule has 126 valence electrons. The first kappa shape index (κ1) is 15.9. The average molecular weight is 351 g/mol. The minimum atomic E-state index is 0.701. The molecule has 4 rings (SSSR count). The van der Waals surface area contributed by atoms with E-state index in [2.05, 4.69) is 44.5 Å². The fraction of sp³-hybridized carbons (Fsp3) is 0.200. The lowest BCUT2D eigenvalue weighted by molar-refractivity contribution is 0.946. The van der Waals surface area contributed by atoms with Gasteiger partial charge in [0.1, 0.15) is 17.5 Å². The topological polar surface area (TPSA) is 41.1 Å². The molecule has 0 aliphatic carbocycles. The van der Waals surface area contributed by atoms with Crippen molar-refractivity contribution in [2.45, 2.75) is 20.3 Å². The third-order valence-electron chi connectivity index (χ3n) is 4.45. The lowest BCUT2D eigenvalue weighted by atomic mass is 10.2. The molecule has 0 saturated carbocycles. The number of nitrogens with zero attached hydrogens (tertiary/aromatic N) is 3. The Kier molecular flexibility index (Phi) is 4.06. The molecule has 2 heterocycles. The molecule has 3 aromatic rings. The van der Waals surface area contributed by atoms with Gasteiger partial charge >= 0.3 is 0 Å². The number of fused-ring (bicyclic) bond motifs is 1. The highest BCUT2D eigenvalue weighted by Gasteiger charge is 2.21. The van der Waals surface area contributed by atoms with Crippen LogP contribution in [0.4, 0.5) is 23.0 Å². The molecule has 2 aromatic carbocycles. The molecule has 25 heavy (non-hydrogen) atoms. The number of aryl methyl sites for hydroxylation is 2. The van der Waals surface area contributed by atoms with E-state index in [1.165, 1.54) is 11.3 Å². The number of anilines is 4. The molecular weight excluding hydrogens is 332 g/mol. The molecule has 0 atom stereocenters. The van der Waals surface area contributed by atoms with Gasteiger partial charge in [-0.25, -0.2) is 9.97 Å². The smallest absolute Gasteiger partial charge is 0.138 e. The van der Waals surface area contributed by atoms with Crippen molar-refractivity contribution in [3.63, 3.8) is 0 Å². The Labute approximate surface area is 152 Å². The first-order valence-corrected chi connectivity index (χ1v) is 8.72. The summed E-state index contributed by atoms with van der Waals surface area (Å²) in [6.07, 6.45) is 1.04. The average Bonchev–Trinajstić information content (AvgIpc) is 3.02. The summed E-state index contributed by atoms with van der Waals surface area (Å²) in [4.78, 5) is 11.4. The number of para-hydroxylation sites is 1. The summed E-state index contributed by atoms with van der Waals surface area (Å²) in [5.41, 5.74) is 4.66. The SMILES string of the molecule is Cc1nc(Nc2cc(Cl)ccc2C)cc(N2CCc3ccccc32)n1. The van der Waals surface area contributed by atoms with Crippen LogP contribution in [0, 0.1) is 13.8 Å². The van der Waals surface area contributed by atoms with Crippen LogP contribution < -0.4 is 10.2 Å². The first-order chi connectivity index (χ1) is 12.1. The third-order valence-corrected chi connectivity index (χ3v) is 4.69. The van der Waals surface area contributed by atoms with E-state index in [1.807, 2.05) is 38.1 Å². The van der Waals surface area contributed by atoms with E-state index in [1.54, 1.807) is 0 Å². The van der Waals surface area contributed by atoms with Crippen molar-refractivity contribution in [2.24, 2.45) is 0 Å². The Morgan fingerprint density at radius 1 is 1.04 bits per heavy atom. The van der Waals surface area contributed by atoms with E-state index in [0.29, 0.717) is 5.02 Å². The monoisotopic (exact) mass is 350 g/mol. The van der Waals surface area contributed by atoms with Crippen LogP contribution >= 0.6 is 11.6 Å². The van der Waals surface area contributed by atoms with Gasteiger partial charge in [0.05, 0.1) is 0 Å².